The van der Waals surface area contributed by atoms with Gasteiger partial charge < -0.3 is 10.4 Å². The maximum absolute atomic E-state index is 11.3. The van der Waals surface area contributed by atoms with Crippen molar-refractivity contribution in [2.45, 2.75) is 38.7 Å². The first-order valence-electron chi connectivity index (χ1n) is 5.16. The quantitative estimate of drug-likeness (QED) is 0.668. The Balaban J connectivity index is 2.26. The summed E-state index contributed by atoms with van der Waals surface area (Å²) in [7, 11) is 0. The predicted molar refractivity (Wildman–Crippen MR) is 55.8 cm³/mol. The van der Waals surface area contributed by atoms with Gasteiger partial charge in [-0.05, 0) is 39.0 Å². The van der Waals surface area contributed by atoms with Crippen molar-refractivity contribution in [1.29, 1.82) is 0 Å². The number of nitrogens with one attached hydrogen (secondary N) is 1. The molecule has 1 atom stereocenters. The average molecular weight is 197 g/mol. The van der Waals surface area contributed by atoms with Crippen molar-refractivity contribution in [3.8, 4) is 0 Å². The van der Waals surface area contributed by atoms with Crippen LogP contribution in [0.4, 0.5) is 0 Å². The molecule has 2 N–H and O–H groups in total. The van der Waals surface area contributed by atoms with Gasteiger partial charge in [-0.1, -0.05) is 12.2 Å². The molecule has 14 heavy (non-hydrogen) atoms. The highest BCUT2D eigenvalue weighted by molar-refractivity contribution is 5.83. The van der Waals surface area contributed by atoms with Crippen molar-refractivity contribution in [3.63, 3.8) is 0 Å². The number of hydrogen-bond acceptors (Lipinski definition) is 2. The Morgan fingerprint density at radius 2 is 2.29 bits per heavy atom. The molecule has 1 unspecified atom stereocenters. The summed E-state index contributed by atoms with van der Waals surface area (Å²) in [6.45, 7) is 3.68. The van der Waals surface area contributed by atoms with Gasteiger partial charge in [0.05, 0.1) is 0 Å². The molecule has 0 saturated carbocycles. The lowest BCUT2D eigenvalue weighted by Gasteiger charge is -2.21. The highest BCUT2D eigenvalue weighted by Crippen LogP contribution is 2.17. The Kier molecular flexibility index (Phi) is 3.69. The zero-order chi connectivity index (χ0) is 10.6. The Morgan fingerprint density at radius 3 is 2.79 bits per heavy atom. The van der Waals surface area contributed by atoms with Gasteiger partial charge in [-0.15, -0.1) is 0 Å². The van der Waals surface area contributed by atoms with E-state index in [1.54, 1.807) is 0 Å². The summed E-state index contributed by atoms with van der Waals surface area (Å²) in [4.78, 5) is 11.3. The normalized spacial score (nSPS) is 22.1. The largest absolute Gasteiger partial charge is 0.381 e. The molecule has 0 bridgehead atoms. The summed E-state index contributed by atoms with van der Waals surface area (Å²) in [6.07, 6.45) is 7.59. The number of rotatable bonds is 3. The molecule has 0 aromatic heterocycles. The van der Waals surface area contributed by atoms with Gasteiger partial charge in [0.1, 0.15) is 5.60 Å². The minimum Gasteiger partial charge on any atom is -0.381 e. The first-order chi connectivity index (χ1) is 6.50. The van der Waals surface area contributed by atoms with E-state index in [9.17, 15) is 9.90 Å². The second-order valence-electron chi connectivity index (χ2n) is 4.42. The highest BCUT2D eigenvalue weighted by atomic mass is 16.3. The van der Waals surface area contributed by atoms with Crippen LogP contribution in [0.2, 0.25) is 0 Å². The molecule has 80 valence electrons. The van der Waals surface area contributed by atoms with Gasteiger partial charge in [-0.25, -0.2) is 0 Å². The molecule has 1 aliphatic carbocycles. The highest BCUT2D eigenvalue weighted by Gasteiger charge is 2.24. The van der Waals surface area contributed by atoms with Gasteiger partial charge in [0.15, 0.2) is 0 Å². The lowest BCUT2D eigenvalue weighted by atomic mass is 9.94. The molecule has 0 heterocycles. The molecule has 0 radical (unpaired) electrons. The minimum atomic E-state index is -1.26. The van der Waals surface area contributed by atoms with Crippen LogP contribution in [0, 0.1) is 5.92 Å². The fraction of sp³-hybridized carbons (Fsp3) is 0.727. The van der Waals surface area contributed by atoms with Gasteiger partial charge in [0, 0.05) is 6.54 Å². The summed E-state index contributed by atoms with van der Waals surface area (Å²) in [5, 5.41) is 12.2. The number of hydrogen-bond donors (Lipinski definition) is 2. The van der Waals surface area contributed by atoms with Crippen molar-refractivity contribution in [3.05, 3.63) is 12.2 Å². The van der Waals surface area contributed by atoms with E-state index >= 15 is 0 Å². The van der Waals surface area contributed by atoms with Crippen molar-refractivity contribution in [2.75, 3.05) is 6.54 Å². The lowest BCUT2D eigenvalue weighted by Crippen LogP contribution is -2.43. The van der Waals surface area contributed by atoms with Crippen molar-refractivity contribution in [1.82, 2.24) is 5.32 Å². The smallest absolute Gasteiger partial charge is 0.251 e. The minimum absolute atomic E-state index is 0.285. The summed E-state index contributed by atoms with van der Waals surface area (Å²) in [5.41, 5.74) is -1.26. The second-order valence-corrected chi connectivity index (χ2v) is 4.42. The van der Waals surface area contributed by atoms with Crippen molar-refractivity contribution >= 4 is 5.91 Å². The van der Waals surface area contributed by atoms with Gasteiger partial charge in [-0.3, -0.25) is 4.79 Å². The van der Waals surface area contributed by atoms with E-state index in [4.69, 9.17) is 0 Å². The maximum Gasteiger partial charge on any atom is 0.251 e. The third-order valence-corrected chi connectivity index (χ3v) is 2.48. The lowest BCUT2D eigenvalue weighted by molar-refractivity contribution is -0.136. The molecule has 1 rings (SSSR count). The Morgan fingerprint density at radius 1 is 1.57 bits per heavy atom. The van der Waals surface area contributed by atoms with Crippen LogP contribution >= 0.6 is 0 Å². The van der Waals surface area contributed by atoms with Gasteiger partial charge in [0.2, 0.25) is 0 Å². The molecule has 3 nitrogen and oxygen atoms in total. The molecule has 1 amide bonds. The summed E-state index contributed by atoms with van der Waals surface area (Å²) in [5.74, 6) is 0.248. The standard InChI is InChI=1S/C11H19NO2/c1-11(2,14)10(13)12-8-9-6-4-3-5-7-9/h3-4,9,14H,5-8H2,1-2H3,(H,12,13). The van der Waals surface area contributed by atoms with Crippen LogP contribution in [0.1, 0.15) is 33.1 Å². The Bertz CT molecular complexity index is 228. The average Bonchev–Trinajstić information content (AvgIpc) is 2.14. The van der Waals surface area contributed by atoms with Crippen LogP contribution < -0.4 is 5.32 Å². The molecule has 0 saturated heterocycles. The first kappa shape index (κ1) is 11.2. The molecule has 0 aromatic carbocycles. The molecule has 3 heteroatoms. The van der Waals surface area contributed by atoms with Crippen LogP contribution in [0.25, 0.3) is 0 Å². The van der Waals surface area contributed by atoms with Crippen LogP contribution in [-0.2, 0) is 4.79 Å². The molecule has 0 aromatic rings. The third-order valence-electron chi connectivity index (χ3n) is 2.48. The SMILES string of the molecule is CC(C)(O)C(=O)NCC1CC=CCC1. The fourth-order valence-electron chi connectivity index (χ4n) is 1.50. The topological polar surface area (TPSA) is 49.3 Å². The van der Waals surface area contributed by atoms with Crippen LogP contribution in [0.5, 0.6) is 0 Å². The Hall–Kier alpha value is -0.830. The number of allylic oxidation sites excluding steroid dienone is 2. The van der Waals surface area contributed by atoms with E-state index in [-0.39, 0.29) is 5.91 Å². The van der Waals surface area contributed by atoms with E-state index in [1.165, 1.54) is 13.8 Å². The van der Waals surface area contributed by atoms with Crippen LogP contribution in [0.3, 0.4) is 0 Å². The third kappa shape index (κ3) is 3.50. The summed E-state index contributed by atoms with van der Waals surface area (Å²) < 4.78 is 0. The molecule has 0 fully saturated rings. The van der Waals surface area contributed by atoms with Crippen LogP contribution in [0.15, 0.2) is 12.2 Å². The van der Waals surface area contributed by atoms with E-state index in [0.717, 1.165) is 19.3 Å². The van der Waals surface area contributed by atoms with E-state index in [1.807, 2.05) is 0 Å². The molecule has 0 spiro atoms. The summed E-state index contributed by atoms with van der Waals surface area (Å²) >= 11 is 0. The maximum atomic E-state index is 11.3. The molecular formula is C11H19NO2. The predicted octanol–water partition coefficient (Wildman–Crippen LogP) is 1.23. The van der Waals surface area contributed by atoms with Gasteiger partial charge in [0.25, 0.3) is 5.91 Å². The zero-order valence-electron chi connectivity index (χ0n) is 8.92. The van der Waals surface area contributed by atoms with Crippen molar-refractivity contribution in [2.24, 2.45) is 5.92 Å². The van der Waals surface area contributed by atoms with E-state index in [2.05, 4.69) is 17.5 Å². The Labute approximate surface area is 85.2 Å². The number of carbonyl (C=O) groups is 1. The first-order valence-corrected chi connectivity index (χ1v) is 5.16. The zero-order valence-corrected chi connectivity index (χ0v) is 8.92. The molecule has 0 aliphatic heterocycles. The van der Waals surface area contributed by atoms with Crippen LogP contribution in [-0.4, -0.2) is 23.2 Å². The van der Waals surface area contributed by atoms with Gasteiger partial charge >= 0.3 is 0 Å². The fourth-order valence-corrected chi connectivity index (χ4v) is 1.50. The monoisotopic (exact) mass is 197 g/mol. The number of aliphatic hydroxyl groups is 1. The van der Waals surface area contributed by atoms with E-state index in [0.29, 0.717) is 12.5 Å². The van der Waals surface area contributed by atoms with E-state index < -0.39 is 5.60 Å². The second kappa shape index (κ2) is 4.60. The summed E-state index contributed by atoms with van der Waals surface area (Å²) in [6, 6.07) is 0. The molecular weight excluding hydrogens is 178 g/mol. The van der Waals surface area contributed by atoms with Crippen molar-refractivity contribution < 1.29 is 9.90 Å². The number of carbonyl (C=O) groups excluding carboxylic acids is 1. The number of amides is 1. The molecule has 1 aliphatic rings. The van der Waals surface area contributed by atoms with Gasteiger partial charge in [-0.2, -0.15) is 0 Å².